The summed E-state index contributed by atoms with van der Waals surface area (Å²) in [5.41, 5.74) is 2.07. The van der Waals surface area contributed by atoms with Gasteiger partial charge >= 0.3 is 0 Å². The maximum absolute atomic E-state index is 12.4. The third-order valence-corrected chi connectivity index (χ3v) is 3.92. The number of nitrogens with one attached hydrogen (secondary N) is 2. The molecule has 1 heterocycles. The number of hydrogen-bond acceptors (Lipinski definition) is 5. The summed E-state index contributed by atoms with van der Waals surface area (Å²) in [6, 6.07) is 15.5. The number of para-hydroxylation sites is 1. The summed E-state index contributed by atoms with van der Waals surface area (Å²) in [5.74, 6) is 0.0625. The zero-order valence-corrected chi connectivity index (χ0v) is 14.6. The molecule has 26 heavy (non-hydrogen) atoms. The van der Waals surface area contributed by atoms with E-state index in [-0.39, 0.29) is 11.5 Å². The molecule has 0 unspecified atom stereocenters. The fraction of sp³-hybridized carbons (Fsp3) is 0.0526. The molecule has 2 N–H and O–H groups in total. The molecule has 3 rings (SSSR count). The van der Waals surface area contributed by atoms with Crippen molar-refractivity contribution < 1.29 is 9.59 Å². The van der Waals surface area contributed by atoms with Gasteiger partial charge in [0, 0.05) is 17.3 Å². The van der Waals surface area contributed by atoms with E-state index in [9.17, 15) is 9.59 Å². The van der Waals surface area contributed by atoms with E-state index in [1.807, 2.05) is 0 Å². The highest BCUT2D eigenvalue weighted by molar-refractivity contribution is 6.33. The Kier molecular flexibility index (Phi) is 5.24. The van der Waals surface area contributed by atoms with Crippen LogP contribution in [0.4, 0.5) is 17.2 Å². The number of carbonyl (C=O) groups is 2. The van der Waals surface area contributed by atoms with Gasteiger partial charge in [0.05, 0.1) is 10.7 Å². The van der Waals surface area contributed by atoms with Crippen molar-refractivity contribution in [3.8, 4) is 0 Å². The summed E-state index contributed by atoms with van der Waals surface area (Å²) < 4.78 is 0. The number of benzene rings is 2. The van der Waals surface area contributed by atoms with Crippen molar-refractivity contribution in [2.75, 3.05) is 10.6 Å². The number of halogens is 1. The molecule has 0 fully saturated rings. The minimum Gasteiger partial charge on any atom is -0.340 e. The van der Waals surface area contributed by atoms with E-state index in [0.29, 0.717) is 22.1 Å². The Bertz CT molecular complexity index is 958. The normalized spacial score (nSPS) is 10.2. The van der Waals surface area contributed by atoms with Crippen LogP contribution < -0.4 is 10.6 Å². The molecule has 6 nitrogen and oxygen atoms in total. The van der Waals surface area contributed by atoms with Gasteiger partial charge in [0.1, 0.15) is 17.8 Å². The van der Waals surface area contributed by atoms with Gasteiger partial charge in [-0.05, 0) is 43.3 Å². The molecular formula is C19H15ClN4O2. The highest BCUT2D eigenvalue weighted by Gasteiger charge is 2.11. The van der Waals surface area contributed by atoms with Crippen molar-refractivity contribution in [2.24, 2.45) is 0 Å². The topological polar surface area (TPSA) is 84.0 Å². The average Bonchev–Trinajstić information content (AvgIpc) is 2.64. The molecule has 2 aromatic carbocycles. The number of Topliss-reactive ketones (excluding diaryl/α,β-unsaturated/α-hetero) is 1. The zero-order valence-electron chi connectivity index (χ0n) is 13.9. The van der Waals surface area contributed by atoms with Gasteiger partial charge in [0.2, 0.25) is 0 Å². The van der Waals surface area contributed by atoms with Crippen molar-refractivity contribution in [3.63, 3.8) is 0 Å². The predicted octanol–water partition coefficient (Wildman–Crippen LogP) is 4.33. The molecule has 0 saturated heterocycles. The summed E-state index contributed by atoms with van der Waals surface area (Å²) >= 11 is 6.05. The molecule has 0 aliphatic carbocycles. The predicted molar refractivity (Wildman–Crippen MR) is 101 cm³/mol. The number of aromatic nitrogens is 2. The lowest BCUT2D eigenvalue weighted by Crippen LogP contribution is -2.14. The van der Waals surface area contributed by atoms with E-state index in [4.69, 9.17) is 11.6 Å². The first-order valence-electron chi connectivity index (χ1n) is 7.79. The van der Waals surface area contributed by atoms with Crippen LogP contribution in [0.3, 0.4) is 0 Å². The summed E-state index contributed by atoms with van der Waals surface area (Å²) in [6.45, 7) is 1.51. The number of hydrogen-bond donors (Lipinski definition) is 2. The van der Waals surface area contributed by atoms with Crippen LogP contribution in [0.25, 0.3) is 0 Å². The SMILES string of the molecule is CC(=O)c1ccc(Nc2cc(C(=O)Nc3ccccc3Cl)ncn2)cc1. The van der Waals surface area contributed by atoms with E-state index in [0.717, 1.165) is 5.69 Å². The van der Waals surface area contributed by atoms with Crippen molar-refractivity contribution in [1.82, 2.24) is 9.97 Å². The molecule has 1 aromatic heterocycles. The Morgan fingerprint density at radius 1 is 1.00 bits per heavy atom. The van der Waals surface area contributed by atoms with Crippen LogP contribution in [-0.4, -0.2) is 21.7 Å². The molecule has 7 heteroatoms. The maximum atomic E-state index is 12.4. The van der Waals surface area contributed by atoms with E-state index >= 15 is 0 Å². The quantitative estimate of drug-likeness (QED) is 0.656. The number of anilines is 3. The highest BCUT2D eigenvalue weighted by Crippen LogP contribution is 2.21. The van der Waals surface area contributed by atoms with Crippen molar-refractivity contribution in [1.29, 1.82) is 0 Å². The molecule has 0 aliphatic heterocycles. The second-order valence-corrected chi connectivity index (χ2v) is 5.89. The fourth-order valence-corrected chi connectivity index (χ4v) is 2.42. The van der Waals surface area contributed by atoms with Crippen molar-refractivity contribution >= 4 is 40.5 Å². The second kappa shape index (κ2) is 7.76. The molecule has 0 atom stereocenters. The number of rotatable bonds is 5. The molecule has 0 saturated carbocycles. The van der Waals surface area contributed by atoms with E-state index < -0.39 is 5.91 Å². The van der Waals surface area contributed by atoms with Crippen molar-refractivity contribution in [3.05, 3.63) is 77.2 Å². The van der Waals surface area contributed by atoms with Crippen LogP contribution in [0.5, 0.6) is 0 Å². The monoisotopic (exact) mass is 366 g/mol. The minimum absolute atomic E-state index is 0.00267. The lowest BCUT2D eigenvalue weighted by molar-refractivity contribution is 0.101. The van der Waals surface area contributed by atoms with E-state index in [1.54, 1.807) is 48.5 Å². The molecular weight excluding hydrogens is 352 g/mol. The molecule has 0 spiro atoms. The summed E-state index contributed by atoms with van der Waals surface area (Å²) in [4.78, 5) is 31.8. The van der Waals surface area contributed by atoms with Gasteiger partial charge in [-0.2, -0.15) is 0 Å². The lowest BCUT2D eigenvalue weighted by Gasteiger charge is -2.09. The van der Waals surface area contributed by atoms with Gasteiger partial charge in [0.15, 0.2) is 5.78 Å². The van der Waals surface area contributed by atoms with Gasteiger partial charge in [-0.15, -0.1) is 0 Å². The van der Waals surface area contributed by atoms with Crippen molar-refractivity contribution in [2.45, 2.75) is 6.92 Å². The molecule has 130 valence electrons. The van der Waals surface area contributed by atoms with Crippen LogP contribution in [0.15, 0.2) is 60.9 Å². The third kappa shape index (κ3) is 4.23. The summed E-state index contributed by atoms with van der Waals surface area (Å²) in [6.07, 6.45) is 1.30. The minimum atomic E-state index is -0.393. The van der Waals surface area contributed by atoms with Crippen LogP contribution in [0.2, 0.25) is 5.02 Å². The lowest BCUT2D eigenvalue weighted by atomic mass is 10.1. The Hall–Kier alpha value is -3.25. The fourth-order valence-electron chi connectivity index (χ4n) is 2.23. The maximum Gasteiger partial charge on any atom is 0.274 e. The van der Waals surface area contributed by atoms with Gasteiger partial charge in [-0.3, -0.25) is 9.59 Å². The van der Waals surface area contributed by atoms with Crippen LogP contribution in [0.1, 0.15) is 27.8 Å². The van der Waals surface area contributed by atoms with Gasteiger partial charge in [-0.1, -0.05) is 23.7 Å². The van der Waals surface area contributed by atoms with E-state index in [2.05, 4.69) is 20.6 Å². The first kappa shape index (κ1) is 17.6. The van der Waals surface area contributed by atoms with Gasteiger partial charge in [0.25, 0.3) is 5.91 Å². The standard InChI is InChI=1S/C19H15ClN4O2/c1-12(25)13-6-8-14(9-7-13)23-18-10-17(21-11-22-18)19(26)24-16-5-3-2-4-15(16)20/h2-11H,1H3,(H,24,26)(H,21,22,23). The summed E-state index contributed by atoms with van der Waals surface area (Å²) in [7, 11) is 0. The Morgan fingerprint density at radius 3 is 2.42 bits per heavy atom. The Labute approximate surface area is 155 Å². The molecule has 1 amide bonds. The Balaban J connectivity index is 1.74. The molecule has 0 bridgehead atoms. The second-order valence-electron chi connectivity index (χ2n) is 5.48. The smallest absolute Gasteiger partial charge is 0.274 e. The average molecular weight is 367 g/mol. The van der Waals surface area contributed by atoms with E-state index in [1.165, 1.54) is 19.3 Å². The summed E-state index contributed by atoms with van der Waals surface area (Å²) in [5, 5.41) is 6.23. The highest BCUT2D eigenvalue weighted by atomic mass is 35.5. The van der Waals surface area contributed by atoms with Gasteiger partial charge in [-0.25, -0.2) is 9.97 Å². The molecule has 0 radical (unpaired) electrons. The molecule has 3 aromatic rings. The number of ketones is 1. The number of carbonyl (C=O) groups excluding carboxylic acids is 2. The first-order chi connectivity index (χ1) is 12.5. The van der Waals surface area contributed by atoms with Crippen LogP contribution in [0, 0.1) is 0 Å². The zero-order chi connectivity index (χ0) is 18.5. The Morgan fingerprint density at radius 2 is 1.73 bits per heavy atom. The van der Waals surface area contributed by atoms with Gasteiger partial charge < -0.3 is 10.6 Å². The number of amides is 1. The molecule has 0 aliphatic rings. The first-order valence-corrected chi connectivity index (χ1v) is 8.16. The van der Waals surface area contributed by atoms with Crippen LogP contribution >= 0.6 is 11.6 Å². The largest absolute Gasteiger partial charge is 0.340 e. The van der Waals surface area contributed by atoms with Crippen LogP contribution in [-0.2, 0) is 0 Å². The third-order valence-electron chi connectivity index (χ3n) is 3.59. The number of nitrogens with zero attached hydrogens (tertiary/aromatic N) is 2.